The maximum Gasteiger partial charge on any atom is 0.253 e. The number of fused-ring (bicyclic) bond motifs is 1. The molecule has 0 spiro atoms. The zero-order chi connectivity index (χ0) is 28.6. The molecule has 0 saturated heterocycles. The van der Waals surface area contributed by atoms with Gasteiger partial charge < -0.3 is 19.3 Å². The minimum atomic E-state index is -0.211. The van der Waals surface area contributed by atoms with Crippen molar-refractivity contribution in [3.63, 3.8) is 0 Å². The van der Waals surface area contributed by atoms with Crippen molar-refractivity contribution in [2.75, 3.05) is 0 Å². The lowest BCUT2D eigenvalue weighted by atomic mass is 9.94. The van der Waals surface area contributed by atoms with E-state index in [-0.39, 0.29) is 24.1 Å². The van der Waals surface area contributed by atoms with E-state index < -0.39 is 0 Å². The molecule has 5 aromatic rings. The summed E-state index contributed by atoms with van der Waals surface area (Å²) in [6, 6.07) is 14.2. The van der Waals surface area contributed by atoms with Crippen LogP contribution < -0.4 is 10.9 Å². The van der Waals surface area contributed by atoms with Gasteiger partial charge in [-0.2, -0.15) is 0 Å². The van der Waals surface area contributed by atoms with Gasteiger partial charge in [0.1, 0.15) is 0 Å². The van der Waals surface area contributed by atoms with Gasteiger partial charge in [-0.15, -0.1) is 10.2 Å². The van der Waals surface area contributed by atoms with Gasteiger partial charge in [-0.3, -0.25) is 9.59 Å². The first-order chi connectivity index (χ1) is 19.2. The molecule has 2 N–H and O–H groups in total. The first-order valence-corrected chi connectivity index (χ1v) is 13.7. The number of benzene rings is 2. The molecule has 0 atom stereocenters. The van der Waals surface area contributed by atoms with Crippen molar-refractivity contribution in [1.82, 2.24) is 25.1 Å². The molecule has 8 nitrogen and oxygen atoms in total. The summed E-state index contributed by atoms with van der Waals surface area (Å²) in [5, 5.41) is 12.2. The third-order valence-electron chi connectivity index (χ3n) is 7.33. The van der Waals surface area contributed by atoms with E-state index in [9.17, 15) is 9.59 Å². The van der Waals surface area contributed by atoms with Crippen molar-refractivity contribution in [2.24, 2.45) is 0 Å². The molecule has 3 aromatic heterocycles. The molecule has 0 saturated carbocycles. The maximum atomic E-state index is 13.7. The number of hydrogen-bond donors (Lipinski definition) is 2. The smallest absolute Gasteiger partial charge is 0.253 e. The minimum Gasteiger partial charge on any atom is -0.421 e. The average Bonchev–Trinajstić information content (AvgIpc) is 3.56. The van der Waals surface area contributed by atoms with E-state index in [2.05, 4.69) is 58.1 Å². The van der Waals surface area contributed by atoms with Crippen molar-refractivity contribution >= 4 is 16.8 Å². The lowest BCUT2D eigenvalue weighted by Crippen LogP contribution is -2.29. The number of aromatic nitrogens is 4. The Morgan fingerprint density at radius 2 is 1.77 bits per heavy atom. The summed E-state index contributed by atoms with van der Waals surface area (Å²) < 4.78 is 7.78. The van der Waals surface area contributed by atoms with Crippen LogP contribution in [-0.2, 0) is 13.0 Å². The molecule has 3 heterocycles. The van der Waals surface area contributed by atoms with Crippen LogP contribution in [0.1, 0.15) is 71.9 Å². The summed E-state index contributed by atoms with van der Waals surface area (Å²) in [6.45, 7) is 12.1. The maximum absolute atomic E-state index is 13.7. The van der Waals surface area contributed by atoms with Crippen molar-refractivity contribution in [1.29, 1.82) is 0 Å². The van der Waals surface area contributed by atoms with Crippen molar-refractivity contribution < 1.29 is 9.21 Å². The average molecular weight is 538 g/mol. The molecule has 0 unspecified atom stereocenters. The molecule has 8 heteroatoms. The fourth-order valence-corrected chi connectivity index (χ4v) is 5.36. The van der Waals surface area contributed by atoms with Crippen LogP contribution in [0.3, 0.4) is 0 Å². The van der Waals surface area contributed by atoms with Gasteiger partial charge in [0.2, 0.25) is 11.8 Å². The number of nitrogens with one attached hydrogen (secondary N) is 2. The van der Waals surface area contributed by atoms with Gasteiger partial charge >= 0.3 is 0 Å². The Balaban J connectivity index is 1.55. The molecule has 206 valence electrons. The summed E-state index contributed by atoms with van der Waals surface area (Å²) in [4.78, 5) is 29.3. The summed E-state index contributed by atoms with van der Waals surface area (Å²) in [6.07, 6.45) is 3.78. The van der Waals surface area contributed by atoms with Crippen molar-refractivity contribution in [2.45, 2.75) is 67.0 Å². The lowest BCUT2D eigenvalue weighted by molar-refractivity contribution is 0.0950. The first-order valence-electron chi connectivity index (χ1n) is 13.7. The SMILES string of the molecule is CCCc1cc(C)[nH]c(=O)c1CNC(=O)c1cc(-c2ccc(-c3nnc(C)o3)cc2)c2ccn(C(C)C)c2c1C. The van der Waals surface area contributed by atoms with Gasteiger partial charge in [0.05, 0.1) is 5.52 Å². The quantitative estimate of drug-likeness (QED) is 0.237. The molecule has 5 rings (SSSR count). The molecule has 1 amide bonds. The molecule has 0 aliphatic carbocycles. The zero-order valence-electron chi connectivity index (χ0n) is 23.9. The number of carbonyl (C=O) groups is 1. The molecule has 40 heavy (non-hydrogen) atoms. The monoisotopic (exact) mass is 537 g/mol. The van der Waals surface area contributed by atoms with Crippen LogP contribution in [0.5, 0.6) is 0 Å². The Labute approximate surface area is 233 Å². The van der Waals surface area contributed by atoms with E-state index in [1.54, 1.807) is 6.92 Å². The van der Waals surface area contributed by atoms with Gasteiger partial charge in [-0.05, 0) is 86.7 Å². The fourth-order valence-electron chi connectivity index (χ4n) is 5.36. The molecule has 2 aromatic carbocycles. The van der Waals surface area contributed by atoms with Crippen molar-refractivity contribution in [3.05, 3.63) is 92.9 Å². The summed E-state index contributed by atoms with van der Waals surface area (Å²) >= 11 is 0. The predicted octanol–water partition coefficient (Wildman–Crippen LogP) is 6.44. The van der Waals surface area contributed by atoms with Gasteiger partial charge in [-0.25, -0.2) is 0 Å². The molecule has 0 bridgehead atoms. The van der Waals surface area contributed by atoms with Crippen LogP contribution in [0.15, 0.2) is 57.9 Å². The minimum absolute atomic E-state index is 0.151. The van der Waals surface area contributed by atoms with Gasteiger partial charge in [-0.1, -0.05) is 25.5 Å². The molecule has 0 aliphatic rings. The van der Waals surface area contributed by atoms with Crippen molar-refractivity contribution in [3.8, 4) is 22.6 Å². The molecule has 0 radical (unpaired) electrons. The topological polar surface area (TPSA) is 106 Å². The molecule has 0 fully saturated rings. The second kappa shape index (κ2) is 11.0. The van der Waals surface area contributed by atoms with Crippen LogP contribution in [0, 0.1) is 20.8 Å². The Kier molecular flexibility index (Phi) is 7.43. The number of carbonyl (C=O) groups excluding carboxylic acids is 1. The Bertz CT molecular complexity index is 1760. The number of amides is 1. The highest BCUT2D eigenvalue weighted by Crippen LogP contribution is 2.36. The third kappa shape index (κ3) is 5.09. The van der Waals surface area contributed by atoms with Crippen LogP contribution in [-0.4, -0.2) is 25.7 Å². The van der Waals surface area contributed by atoms with E-state index in [1.165, 1.54) is 0 Å². The summed E-state index contributed by atoms with van der Waals surface area (Å²) in [5.74, 6) is 0.773. The third-order valence-corrected chi connectivity index (χ3v) is 7.33. The largest absolute Gasteiger partial charge is 0.421 e. The molecular weight excluding hydrogens is 502 g/mol. The van der Waals surface area contributed by atoms with E-state index in [0.29, 0.717) is 22.9 Å². The van der Waals surface area contributed by atoms with E-state index in [4.69, 9.17) is 4.42 Å². The fraction of sp³-hybridized carbons (Fsp3) is 0.312. The number of H-pyrrole nitrogens is 1. The van der Waals surface area contributed by atoms with Crippen LogP contribution >= 0.6 is 0 Å². The van der Waals surface area contributed by atoms with Gasteiger partial charge in [0.15, 0.2) is 0 Å². The predicted molar refractivity (Wildman–Crippen MR) is 157 cm³/mol. The van der Waals surface area contributed by atoms with Gasteiger partial charge in [0, 0.05) is 53.5 Å². The zero-order valence-corrected chi connectivity index (χ0v) is 23.9. The molecular formula is C32H35N5O3. The number of pyridine rings is 1. The normalized spacial score (nSPS) is 11.5. The standard InChI is InChI=1S/C32H35N5O3/c1-7-8-24-15-19(4)34-31(39)28(24)17-33-30(38)26-16-27(25-13-14-37(18(2)3)29(25)20(26)5)22-9-11-23(12-10-22)32-36-35-21(6)40-32/h9-16,18H,7-8,17H2,1-6H3,(H,33,38)(H,34,39). The lowest BCUT2D eigenvalue weighted by Gasteiger charge is -2.17. The van der Waals surface area contributed by atoms with E-state index in [1.807, 2.05) is 50.2 Å². The van der Waals surface area contributed by atoms with Gasteiger partial charge in [0.25, 0.3) is 11.5 Å². The van der Waals surface area contributed by atoms with E-state index >= 15 is 0 Å². The highest BCUT2D eigenvalue weighted by Gasteiger charge is 2.20. The summed E-state index contributed by atoms with van der Waals surface area (Å²) in [7, 11) is 0. The molecule has 0 aliphatic heterocycles. The highest BCUT2D eigenvalue weighted by molar-refractivity contribution is 6.06. The van der Waals surface area contributed by atoms with Crippen LogP contribution in [0.4, 0.5) is 0 Å². The number of hydrogen-bond acceptors (Lipinski definition) is 5. The Morgan fingerprint density at radius 1 is 1.05 bits per heavy atom. The summed E-state index contributed by atoms with van der Waals surface area (Å²) in [5.41, 5.74) is 7.52. The first kappa shape index (κ1) is 27.1. The number of aromatic amines is 1. The van der Waals surface area contributed by atoms with E-state index in [0.717, 1.165) is 57.3 Å². The highest BCUT2D eigenvalue weighted by atomic mass is 16.4. The number of nitrogens with zero attached hydrogens (tertiary/aromatic N) is 3. The van der Waals surface area contributed by atoms with Crippen LogP contribution in [0.25, 0.3) is 33.5 Å². The Hall–Kier alpha value is -4.46. The number of rotatable bonds is 8. The van der Waals surface area contributed by atoms with Crippen LogP contribution in [0.2, 0.25) is 0 Å². The number of aryl methyl sites for hydroxylation is 4. The second-order valence-electron chi connectivity index (χ2n) is 10.6. The second-order valence-corrected chi connectivity index (χ2v) is 10.6. The Morgan fingerprint density at radius 3 is 2.42 bits per heavy atom.